The van der Waals surface area contributed by atoms with Crippen LogP contribution in [-0.2, 0) is 4.79 Å². The fourth-order valence-corrected chi connectivity index (χ4v) is 1.99. The molecule has 1 fully saturated rings. The highest BCUT2D eigenvalue weighted by Crippen LogP contribution is 2.43. The summed E-state index contributed by atoms with van der Waals surface area (Å²) in [4.78, 5) is 11.5. The van der Waals surface area contributed by atoms with E-state index in [0.29, 0.717) is 12.5 Å². The lowest BCUT2D eigenvalue weighted by Crippen LogP contribution is -2.49. The number of rotatable bonds is 4. The third-order valence-corrected chi connectivity index (χ3v) is 3.69. The van der Waals surface area contributed by atoms with Crippen LogP contribution in [0.3, 0.4) is 0 Å². The average Bonchev–Trinajstić information content (AvgIpc) is 3.04. The highest BCUT2D eigenvalue weighted by molar-refractivity contribution is 6.09. The van der Waals surface area contributed by atoms with E-state index in [-0.39, 0.29) is 17.2 Å². The number of ketones is 1. The Morgan fingerprint density at radius 3 is 2.53 bits per heavy atom. The highest BCUT2D eigenvalue weighted by atomic mass is 16.3. The fourth-order valence-electron chi connectivity index (χ4n) is 1.99. The molecule has 1 saturated carbocycles. The standard InChI is InChI=1S/C13H22N2O2/c1-13(2,3)8(14)6-15-10-9(7-4-5-7)11(16)12(10)17/h7-8,12,15,17H,4-6,14H2,1-3H3. The summed E-state index contributed by atoms with van der Waals surface area (Å²) in [6.45, 7) is 6.84. The molecule has 2 atom stereocenters. The van der Waals surface area contributed by atoms with Crippen LogP contribution in [0.2, 0.25) is 0 Å². The molecule has 0 saturated heterocycles. The van der Waals surface area contributed by atoms with Crippen molar-refractivity contribution >= 4 is 5.78 Å². The van der Waals surface area contributed by atoms with Crippen LogP contribution in [-0.4, -0.2) is 29.6 Å². The Bertz CT molecular complexity index is 364. The van der Waals surface area contributed by atoms with Crippen LogP contribution in [0.4, 0.5) is 0 Å². The van der Waals surface area contributed by atoms with Crippen molar-refractivity contribution in [1.82, 2.24) is 5.32 Å². The van der Waals surface area contributed by atoms with Crippen LogP contribution in [0.25, 0.3) is 0 Å². The number of carbonyl (C=O) groups excluding carboxylic acids is 1. The number of nitrogens with two attached hydrogens (primary N) is 1. The normalized spacial score (nSPS) is 26.9. The second-order valence-corrected chi connectivity index (χ2v) is 6.22. The fraction of sp³-hybridized carbons (Fsp3) is 0.769. The number of carbonyl (C=O) groups is 1. The summed E-state index contributed by atoms with van der Waals surface area (Å²) < 4.78 is 0. The van der Waals surface area contributed by atoms with Crippen molar-refractivity contribution in [3.8, 4) is 0 Å². The molecule has 0 spiro atoms. The molecule has 0 aromatic carbocycles. The van der Waals surface area contributed by atoms with Gasteiger partial charge in [-0.05, 0) is 24.2 Å². The molecule has 0 amide bonds. The number of aliphatic hydroxyl groups is 1. The van der Waals surface area contributed by atoms with Gasteiger partial charge in [0.2, 0.25) is 0 Å². The summed E-state index contributed by atoms with van der Waals surface area (Å²) >= 11 is 0. The maximum Gasteiger partial charge on any atom is 0.195 e. The first-order chi connectivity index (χ1) is 7.82. The van der Waals surface area contributed by atoms with Gasteiger partial charge in [-0.1, -0.05) is 20.8 Å². The number of Topliss-reactive ketones (excluding diaryl/α,β-unsaturated/α-hetero) is 1. The summed E-state index contributed by atoms with van der Waals surface area (Å²) in [5.74, 6) is 0.290. The van der Waals surface area contributed by atoms with Crippen LogP contribution in [0.1, 0.15) is 33.6 Å². The first-order valence-corrected chi connectivity index (χ1v) is 6.28. The molecule has 2 rings (SSSR count). The van der Waals surface area contributed by atoms with Gasteiger partial charge >= 0.3 is 0 Å². The van der Waals surface area contributed by atoms with Gasteiger partial charge in [-0.3, -0.25) is 4.79 Å². The van der Waals surface area contributed by atoms with Crippen molar-refractivity contribution in [2.24, 2.45) is 17.1 Å². The Morgan fingerprint density at radius 2 is 2.06 bits per heavy atom. The van der Waals surface area contributed by atoms with E-state index < -0.39 is 6.10 Å². The van der Waals surface area contributed by atoms with E-state index in [0.717, 1.165) is 24.1 Å². The highest BCUT2D eigenvalue weighted by Gasteiger charge is 2.45. The van der Waals surface area contributed by atoms with E-state index in [2.05, 4.69) is 26.1 Å². The molecule has 17 heavy (non-hydrogen) atoms. The van der Waals surface area contributed by atoms with Crippen molar-refractivity contribution in [3.63, 3.8) is 0 Å². The number of hydrogen-bond acceptors (Lipinski definition) is 4. The Labute approximate surface area is 102 Å². The second-order valence-electron chi connectivity index (χ2n) is 6.22. The van der Waals surface area contributed by atoms with Gasteiger partial charge in [0, 0.05) is 18.2 Å². The Morgan fingerprint density at radius 1 is 1.47 bits per heavy atom. The zero-order chi connectivity index (χ0) is 12.8. The molecule has 0 aromatic heterocycles. The smallest absolute Gasteiger partial charge is 0.195 e. The molecule has 0 aliphatic heterocycles. The lowest BCUT2D eigenvalue weighted by Gasteiger charge is -2.33. The van der Waals surface area contributed by atoms with Gasteiger partial charge in [-0.25, -0.2) is 0 Å². The molecule has 4 N–H and O–H groups in total. The minimum atomic E-state index is -0.933. The van der Waals surface area contributed by atoms with Crippen LogP contribution >= 0.6 is 0 Å². The van der Waals surface area contributed by atoms with Gasteiger partial charge in [-0.15, -0.1) is 0 Å². The van der Waals surface area contributed by atoms with Crippen molar-refractivity contribution in [2.75, 3.05) is 6.54 Å². The summed E-state index contributed by atoms with van der Waals surface area (Å²) in [5.41, 5.74) is 7.60. The predicted molar refractivity (Wildman–Crippen MR) is 66.2 cm³/mol. The summed E-state index contributed by atoms with van der Waals surface area (Å²) in [7, 11) is 0. The first kappa shape index (κ1) is 12.6. The van der Waals surface area contributed by atoms with Gasteiger partial charge < -0.3 is 16.2 Å². The van der Waals surface area contributed by atoms with E-state index in [1.54, 1.807) is 0 Å². The third-order valence-electron chi connectivity index (χ3n) is 3.69. The van der Waals surface area contributed by atoms with Gasteiger partial charge in [0.15, 0.2) is 11.9 Å². The van der Waals surface area contributed by atoms with E-state index in [9.17, 15) is 9.90 Å². The second kappa shape index (κ2) is 4.10. The van der Waals surface area contributed by atoms with Crippen LogP contribution in [0, 0.1) is 11.3 Å². The van der Waals surface area contributed by atoms with Gasteiger partial charge in [0.05, 0.1) is 5.70 Å². The number of aliphatic hydroxyl groups excluding tert-OH is 1. The molecular formula is C13H22N2O2. The van der Waals surface area contributed by atoms with E-state index >= 15 is 0 Å². The molecule has 0 bridgehead atoms. The Balaban J connectivity index is 1.97. The molecule has 96 valence electrons. The minimum Gasteiger partial charge on any atom is -0.384 e. The minimum absolute atomic E-state index is 0.00152. The van der Waals surface area contributed by atoms with Crippen LogP contribution in [0.15, 0.2) is 11.3 Å². The van der Waals surface area contributed by atoms with Gasteiger partial charge in [0.1, 0.15) is 0 Å². The monoisotopic (exact) mass is 238 g/mol. The zero-order valence-electron chi connectivity index (χ0n) is 10.8. The van der Waals surface area contributed by atoms with Gasteiger partial charge in [-0.2, -0.15) is 0 Å². The van der Waals surface area contributed by atoms with Crippen molar-refractivity contribution in [1.29, 1.82) is 0 Å². The van der Waals surface area contributed by atoms with Crippen LogP contribution in [0.5, 0.6) is 0 Å². The van der Waals surface area contributed by atoms with Crippen molar-refractivity contribution in [3.05, 3.63) is 11.3 Å². The average molecular weight is 238 g/mol. The summed E-state index contributed by atoms with van der Waals surface area (Å²) in [5, 5.41) is 12.8. The summed E-state index contributed by atoms with van der Waals surface area (Å²) in [6.07, 6.45) is 1.21. The lowest BCUT2D eigenvalue weighted by molar-refractivity contribution is -0.125. The molecule has 2 aliphatic carbocycles. The maximum absolute atomic E-state index is 11.5. The molecule has 4 nitrogen and oxygen atoms in total. The van der Waals surface area contributed by atoms with Crippen LogP contribution < -0.4 is 11.1 Å². The largest absolute Gasteiger partial charge is 0.384 e. The van der Waals surface area contributed by atoms with Gasteiger partial charge in [0.25, 0.3) is 0 Å². The zero-order valence-corrected chi connectivity index (χ0v) is 10.8. The SMILES string of the molecule is CC(C)(C)C(N)CNC1=C(C2CC2)C(=O)C1O. The molecule has 0 heterocycles. The van der Waals surface area contributed by atoms with E-state index in [1.807, 2.05) is 0 Å². The topological polar surface area (TPSA) is 75.3 Å². The first-order valence-electron chi connectivity index (χ1n) is 6.28. The predicted octanol–water partition coefficient (Wildman–Crippen LogP) is 0.557. The Kier molecular flexibility index (Phi) is 3.04. The van der Waals surface area contributed by atoms with Crippen molar-refractivity contribution in [2.45, 2.75) is 45.8 Å². The Hall–Kier alpha value is -0.870. The molecule has 0 aromatic rings. The number of hydrogen-bond donors (Lipinski definition) is 3. The molecule has 2 unspecified atom stereocenters. The molecule has 4 heteroatoms. The maximum atomic E-state index is 11.5. The van der Waals surface area contributed by atoms with Crippen molar-refractivity contribution < 1.29 is 9.90 Å². The van der Waals surface area contributed by atoms with E-state index in [1.165, 1.54) is 0 Å². The van der Waals surface area contributed by atoms with E-state index in [4.69, 9.17) is 5.73 Å². The number of nitrogens with one attached hydrogen (secondary N) is 1. The molecule has 2 aliphatic rings. The quantitative estimate of drug-likeness (QED) is 0.669. The lowest BCUT2D eigenvalue weighted by atomic mass is 9.84. The molecule has 0 radical (unpaired) electrons. The molecular weight excluding hydrogens is 216 g/mol. The third kappa shape index (κ3) is 2.38. The summed E-state index contributed by atoms with van der Waals surface area (Å²) in [6, 6.07) is -0.00152.